The second-order valence-corrected chi connectivity index (χ2v) is 5.42. The van der Waals surface area contributed by atoms with Crippen molar-refractivity contribution >= 4 is 12.0 Å². The average molecular weight is 352 g/mol. The van der Waals surface area contributed by atoms with Gasteiger partial charge in [-0.2, -0.15) is 5.10 Å². The third-order valence-corrected chi connectivity index (χ3v) is 3.62. The highest BCUT2D eigenvalue weighted by Gasteiger charge is 2.03. The molecule has 3 aromatic rings. The number of rotatable bonds is 6. The van der Waals surface area contributed by atoms with E-state index in [9.17, 15) is 9.18 Å². The summed E-state index contributed by atoms with van der Waals surface area (Å²) in [5, 5.41) is 6.90. The monoisotopic (exact) mass is 352 g/mol. The van der Waals surface area contributed by atoms with Gasteiger partial charge in [0, 0.05) is 31.2 Å². The van der Waals surface area contributed by atoms with E-state index in [2.05, 4.69) is 15.4 Å². The van der Waals surface area contributed by atoms with Crippen molar-refractivity contribution in [1.82, 2.24) is 20.1 Å². The van der Waals surface area contributed by atoms with Crippen molar-refractivity contribution in [3.8, 4) is 11.6 Å². The standard InChI is InChI=1S/C19H17FN4O2/c1-26-17-5-3-14(11-16(17)20)4-6-19(25)22-13-15-7-9-21-18(12-15)24-10-2-8-23-24/h2-12H,13H2,1H3,(H,22,25)/b6-4+. The molecule has 3 rings (SSSR count). The molecule has 1 aromatic carbocycles. The summed E-state index contributed by atoms with van der Waals surface area (Å²) in [6, 6.07) is 9.96. The number of carbonyl (C=O) groups is 1. The predicted octanol–water partition coefficient (Wildman–Crippen LogP) is 2.74. The van der Waals surface area contributed by atoms with E-state index >= 15 is 0 Å². The van der Waals surface area contributed by atoms with Gasteiger partial charge in [0.1, 0.15) is 0 Å². The fraction of sp³-hybridized carbons (Fsp3) is 0.105. The first-order valence-electron chi connectivity index (χ1n) is 7.90. The molecule has 0 aliphatic rings. The molecule has 0 atom stereocenters. The Morgan fingerprint density at radius 3 is 2.92 bits per heavy atom. The first kappa shape index (κ1) is 17.3. The van der Waals surface area contributed by atoms with Crippen molar-refractivity contribution in [2.24, 2.45) is 0 Å². The first-order valence-corrected chi connectivity index (χ1v) is 7.90. The second-order valence-electron chi connectivity index (χ2n) is 5.42. The van der Waals surface area contributed by atoms with E-state index in [0.29, 0.717) is 17.9 Å². The summed E-state index contributed by atoms with van der Waals surface area (Å²) in [4.78, 5) is 16.2. The summed E-state index contributed by atoms with van der Waals surface area (Å²) in [6.45, 7) is 0.344. The van der Waals surface area contributed by atoms with Crippen LogP contribution in [0, 0.1) is 5.82 Å². The van der Waals surface area contributed by atoms with Gasteiger partial charge < -0.3 is 10.1 Å². The predicted molar refractivity (Wildman–Crippen MR) is 95.2 cm³/mol. The number of ether oxygens (including phenoxy) is 1. The van der Waals surface area contributed by atoms with Crippen molar-refractivity contribution in [2.75, 3.05) is 7.11 Å². The lowest BCUT2D eigenvalue weighted by molar-refractivity contribution is -0.116. The molecular weight excluding hydrogens is 335 g/mol. The maximum Gasteiger partial charge on any atom is 0.244 e. The lowest BCUT2D eigenvalue weighted by Gasteiger charge is -2.05. The zero-order valence-corrected chi connectivity index (χ0v) is 14.1. The number of nitrogens with zero attached hydrogens (tertiary/aromatic N) is 3. The van der Waals surface area contributed by atoms with Crippen LogP contribution in [0.5, 0.6) is 5.75 Å². The molecule has 7 heteroatoms. The van der Waals surface area contributed by atoms with Gasteiger partial charge in [-0.1, -0.05) is 6.07 Å². The van der Waals surface area contributed by atoms with Crippen LogP contribution in [0.25, 0.3) is 11.9 Å². The van der Waals surface area contributed by atoms with E-state index in [1.165, 1.54) is 25.3 Å². The lowest BCUT2D eigenvalue weighted by atomic mass is 10.2. The highest BCUT2D eigenvalue weighted by molar-refractivity contribution is 5.91. The number of methoxy groups -OCH3 is 1. The molecule has 2 heterocycles. The van der Waals surface area contributed by atoms with E-state index in [0.717, 1.165) is 5.56 Å². The van der Waals surface area contributed by atoms with Crippen LogP contribution in [0.4, 0.5) is 4.39 Å². The number of carbonyl (C=O) groups excluding carboxylic acids is 1. The van der Waals surface area contributed by atoms with Crippen LogP contribution in [-0.2, 0) is 11.3 Å². The van der Waals surface area contributed by atoms with Gasteiger partial charge in [-0.3, -0.25) is 4.79 Å². The van der Waals surface area contributed by atoms with E-state index < -0.39 is 5.82 Å². The molecule has 0 aliphatic carbocycles. The molecule has 26 heavy (non-hydrogen) atoms. The molecule has 0 unspecified atom stereocenters. The SMILES string of the molecule is COc1ccc(/C=C/C(=O)NCc2ccnc(-n3cccn3)c2)cc1F. The van der Waals surface area contributed by atoms with E-state index in [-0.39, 0.29) is 11.7 Å². The average Bonchev–Trinajstić information content (AvgIpc) is 3.20. The highest BCUT2D eigenvalue weighted by Crippen LogP contribution is 2.18. The van der Waals surface area contributed by atoms with Crippen LogP contribution in [0.15, 0.2) is 61.1 Å². The Balaban J connectivity index is 1.59. The minimum atomic E-state index is -0.474. The fourth-order valence-electron chi connectivity index (χ4n) is 2.31. The maximum absolute atomic E-state index is 13.6. The molecule has 0 spiro atoms. The molecule has 1 N–H and O–H groups in total. The van der Waals surface area contributed by atoms with Crippen molar-refractivity contribution in [3.05, 3.63) is 78.0 Å². The van der Waals surface area contributed by atoms with Crippen LogP contribution in [0.3, 0.4) is 0 Å². The molecule has 0 fully saturated rings. The van der Waals surface area contributed by atoms with Gasteiger partial charge in [-0.15, -0.1) is 0 Å². The Kier molecular flexibility index (Phi) is 5.38. The smallest absolute Gasteiger partial charge is 0.244 e. The van der Waals surface area contributed by atoms with Crippen LogP contribution in [-0.4, -0.2) is 27.8 Å². The molecule has 2 aromatic heterocycles. The minimum Gasteiger partial charge on any atom is -0.494 e. The largest absolute Gasteiger partial charge is 0.494 e. The van der Waals surface area contributed by atoms with Gasteiger partial charge in [-0.05, 0) is 47.5 Å². The summed E-state index contributed by atoms with van der Waals surface area (Å²) in [7, 11) is 1.40. The molecule has 0 bridgehead atoms. The number of halogens is 1. The number of hydrogen-bond acceptors (Lipinski definition) is 4. The summed E-state index contributed by atoms with van der Waals surface area (Å²) in [5.41, 5.74) is 1.46. The molecule has 0 aliphatic heterocycles. The Morgan fingerprint density at radius 2 is 2.19 bits per heavy atom. The summed E-state index contributed by atoms with van der Waals surface area (Å²) in [6.07, 6.45) is 8.02. The Morgan fingerprint density at radius 1 is 1.31 bits per heavy atom. The third-order valence-electron chi connectivity index (χ3n) is 3.62. The van der Waals surface area contributed by atoms with Crippen LogP contribution >= 0.6 is 0 Å². The lowest BCUT2D eigenvalue weighted by Crippen LogP contribution is -2.20. The molecule has 1 amide bonds. The second kappa shape index (κ2) is 8.06. The fourth-order valence-corrected chi connectivity index (χ4v) is 2.31. The number of hydrogen-bond donors (Lipinski definition) is 1. The Labute approximate surface area is 149 Å². The topological polar surface area (TPSA) is 69.0 Å². The van der Waals surface area contributed by atoms with Crippen molar-refractivity contribution in [1.29, 1.82) is 0 Å². The van der Waals surface area contributed by atoms with Gasteiger partial charge in [-0.25, -0.2) is 14.1 Å². The zero-order chi connectivity index (χ0) is 18.4. The number of aromatic nitrogens is 3. The van der Waals surface area contributed by atoms with Crippen molar-refractivity contribution in [3.63, 3.8) is 0 Å². The molecule has 0 saturated carbocycles. The maximum atomic E-state index is 13.6. The number of nitrogens with one attached hydrogen (secondary N) is 1. The zero-order valence-electron chi connectivity index (χ0n) is 14.1. The molecule has 0 saturated heterocycles. The quantitative estimate of drug-likeness (QED) is 0.693. The van der Waals surface area contributed by atoms with Gasteiger partial charge in [0.25, 0.3) is 0 Å². The number of pyridine rings is 1. The van der Waals surface area contributed by atoms with Crippen LogP contribution in [0.2, 0.25) is 0 Å². The molecule has 132 valence electrons. The Hall–Kier alpha value is -3.48. The highest BCUT2D eigenvalue weighted by atomic mass is 19.1. The Bertz CT molecular complexity index is 923. The summed E-state index contributed by atoms with van der Waals surface area (Å²) < 4.78 is 20.1. The van der Waals surface area contributed by atoms with Crippen molar-refractivity contribution in [2.45, 2.75) is 6.54 Å². The number of amides is 1. The van der Waals surface area contributed by atoms with Crippen LogP contribution in [0.1, 0.15) is 11.1 Å². The van der Waals surface area contributed by atoms with E-state index in [4.69, 9.17) is 4.74 Å². The summed E-state index contributed by atoms with van der Waals surface area (Å²) >= 11 is 0. The van der Waals surface area contributed by atoms with Crippen molar-refractivity contribution < 1.29 is 13.9 Å². The minimum absolute atomic E-state index is 0.164. The molecular formula is C19H17FN4O2. The van der Waals surface area contributed by atoms with Gasteiger partial charge >= 0.3 is 0 Å². The van der Waals surface area contributed by atoms with E-state index in [1.54, 1.807) is 35.4 Å². The van der Waals surface area contributed by atoms with E-state index in [1.807, 2.05) is 18.2 Å². The first-order chi connectivity index (χ1) is 12.7. The van der Waals surface area contributed by atoms with Gasteiger partial charge in [0.2, 0.25) is 5.91 Å². The normalized spacial score (nSPS) is 10.8. The summed E-state index contributed by atoms with van der Waals surface area (Å²) in [5.74, 6) is 0.0833. The van der Waals surface area contributed by atoms with Gasteiger partial charge in [0.15, 0.2) is 17.4 Å². The third kappa shape index (κ3) is 4.32. The number of benzene rings is 1. The van der Waals surface area contributed by atoms with Gasteiger partial charge in [0.05, 0.1) is 7.11 Å². The molecule has 6 nitrogen and oxygen atoms in total. The van der Waals surface area contributed by atoms with Crippen LogP contribution < -0.4 is 10.1 Å². The molecule has 0 radical (unpaired) electrons.